The van der Waals surface area contributed by atoms with Gasteiger partial charge in [0.1, 0.15) is 18.2 Å². The lowest BCUT2D eigenvalue weighted by Gasteiger charge is -2.13. The molecule has 0 spiro atoms. The normalized spacial score (nSPS) is 11.1. The zero-order valence-electron chi connectivity index (χ0n) is 15.3. The molecule has 0 bridgehead atoms. The average molecular weight is 443 g/mol. The van der Waals surface area contributed by atoms with E-state index in [0.717, 1.165) is 0 Å². The van der Waals surface area contributed by atoms with Crippen molar-refractivity contribution in [3.8, 4) is 11.8 Å². The van der Waals surface area contributed by atoms with E-state index in [9.17, 15) is 19.8 Å². The second kappa shape index (κ2) is 9.40. The summed E-state index contributed by atoms with van der Waals surface area (Å²) in [5, 5.41) is 20.9. The minimum atomic E-state index is -0.523. The highest BCUT2D eigenvalue weighted by Crippen LogP contribution is 2.35. The minimum absolute atomic E-state index is 0.0751. The Labute approximate surface area is 181 Å². The first-order valence-electron chi connectivity index (χ1n) is 8.61. The monoisotopic (exact) mass is 442 g/mol. The minimum Gasteiger partial charge on any atom is -0.487 e. The molecule has 3 aromatic carbocycles. The van der Waals surface area contributed by atoms with Crippen molar-refractivity contribution in [1.29, 1.82) is 5.26 Å². The number of benzene rings is 3. The van der Waals surface area contributed by atoms with Crippen LogP contribution in [-0.2, 0) is 6.61 Å². The highest BCUT2D eigenvalue weighted by atomic mass is 35.5. The summed E-state index contributed by atoms with van der Waals surface area (Å²) < 4.78 is 19.6. The third-order valence-corrected chi connectivity index (χ3v) is 4.68. The van der Waals surface area contributed by atoms with Crippen molar-refractivity contribution in [1.82, 2.24) is 0 Å². The molecular formula is C22H13Cl2FN2O3. The molecule has 8 heteroatoms. The van der Waals surface area contributed by atoms with Gasteiger partial charge in [0.15, 0.2) is 0 Å². The highest BCUT2D eigenvalue weighted by Gasteiger charge is 2.13. The number of halogens is 3. The number of hydrogen-bond donors (Lipinski definition) is 0. The van der Waals surface area contributed by atoms with Crippen LogP contribution >= 0.6 is 23.2 Å². The number of nitro benzene ring substituents is 1. The summed E-state index contributed by atoms with van der Waals surface area (Å²) >= 11 is 12.4. The Kier molecular flexibility index (Phi) is 6.68. The number of ether oxygens (including phenoxy) is 1. The molecule has 0 fully saturated rings. The van der Waals surface area contributed by atoms with Crippen molar-refractivity contribution in [3.63, 3.8) is 0 Å². The number of rotatable bonds is 6. The molecule has 0 aliphatic rings. The van der Waals surface area contributed by atoms with Gasteiger partial charge in [0.25, 0.3) is 5.69 Å². The van der Waals surface area contributed by atoms with Gasteiger partial charge in [-0.1, -0.05) is 41.4 Å². The van der Waals surface area contributed by atoms with Crippen molar-refractivity contribution in [3.05, 3.63) is 103 Å². The lowest BCUT2D eigenvalue weighted by atomic mass is 10.0. The molecule has 0 radical (unpaired) electrons. The molecule has 0 aliphatic heterocycles. The lowest BCUT2D eigenvalue weighted by molar-refractivity contribution is -0.384. The predicted octanol–water partition coefficient (Wildman–Crippen LogP) is 6.68. The maximum Gasteiger partial charge on any atom is 0.269 e. The van der Waals surface area contributed by atoms with Crippen molar-refractivity contribution < 1.29 is 14.1 Å². The summed E-state index contributed by atoms with van der Waals surface area (Å²) in [5.41, 5.74) is 1.36. The van der Waals surface area contributed by atoms with Crippen molar-refractivity contribution in [2.45, 2.75) is 6.61 Å². The maximum atomic E-state index is 13.9. The number of nitriles is 1. The molecule has 0 aromatic heterocycles. The Morgan fingerprint density at radius 2 is 1.87 bits per heavy atom. The maximum absolute atomic E-state index is 13.9. The first-order chi connectivity index (χ1) is 14.4. The van der Waals surface area contributed by atoms with Gasteiger partial charge in [0, 0.05) is 28.3 Å². The standard InChI is InChI=1S/C22H13Cl2FN2O3/c23-18-10-16(9-17(12-26)14-5-7-19(8-6-14)27(28)29)22(20(24)11-18)30-13-15-3-1-2-4-21(15)25/h1-11H,13H2/b17-9+. The average Bonchev–Trinajstić information content (AvgIpc) is 2.72. The summed E-state index contributed by atoms with van der Waals surface area (Å²) in [6.07, 6.45) is 1.51. The van der Waals surface area contributed by atoms with Crippen LogP contribution in [0.1, 0.15) is 16.7 Å². The third-order valence-electron chi connectivity index (χ3n) is 4.18. The summed E-state index contributed by atoms with van der Waals surface area (Å²) in [5.74, 6) is -0.178. The van der Waals surface area contributed by atoms with Gasteiger partial charge in [-0.3, -0.25) is 10.1 Å². The van der Waals surface area contributed by atoms with Crippen molar-refractivity contribution in [2.24, 2.45) is 0 Å². The summed E-state index contributed by atoms with van der Waals surface area (Å²) in [6, 6.07) is 16.8. The van der Waals surface area contributed by atoms with Crippen LogP contribution < -0.4 is 4.74 Å². The fraction of sp³-hybridized carbons (Fsp3) is 0.0455. The first kappa shape index (κ1) is 21.3. The number of nitro groups is 1. The van der Waals surface area contributed by atoms with E-state index in [1.165, 1.54) is 42.5 Å². The number of non-ortho nitro benzene ring substituents is 1. The first-order valence-corrected chi connectivity index (χ1v) is 9.36. The molecule has 0 saturated heterocycles. The van der Waals surface area contributed by atoms with E-state index in [4.69, 9.17) is 27.9 Å². The van der Waals surface area contributed by atoms with Gasteiger partial charge in [-0.05, 0) is 42.0 Å². The fourth-order valence-electron chi connectivity index (χ4n) is 2.70. The smallest absolute Gasteiger partial charge is 0.269 e. The summed E-state index contributed by atoms with van der Waals surface area (Å²) in [6.45, 7) is -0.0751. The topological polar surface area (TPSA) is 76.2 Å². The number of allylic oxidation sites excluding steroid dienone is 1. The van der Waals surface area contributed by atoms with Gasteiger partial charge >= 0.3 is 0 Å². The predicted molar refractivity (Wildman–Crippen MR) is 114 cm³/mol. The van der Waals surface area contributed by atoms with E-state index in [1.807, 2.05) is 0 Å². The highest BCUT2D eigenvalue weighted by molar-refractivity contribution is 6.36. The molecule has 0 unspecified atom stereocenters. The quantitative estimate of drug-likeness (QED) is 0.184. The van der Waals surface area contributed by atoms with Crippen LogP contribution in [0.3, 0.4) is 0 Å². The van der Waals surface area contributed by atoms with Crippen LogP contribution in [0.5, 0.6) is 5.75 Å². The largest absolute Gasteiger partial charge is 0.487 e. The molecule has 3 rings (SSSR count). The summed E-state index contributed by atoms with van der Waals surface area (Å²) in [4.78, 5) is 10.3. The molecule has 0 heterocycles. The van der Waals surface area contributed by atoms with E-state index in [0.29, 0.717) is 21.7 Å². The van der Waals surface area contributed by atoms with Crippen LogP contribution in [-0.4, -0.2) is 4.92 Å². The molecule has 0 saturated carbocycles. The van der Waals surface area contributed by atoms with Crippen LogP contribution in [0.2, 0.25) is 10.0 Å². The molecule has 0 atom stereocenters. The lowest BCUT2D eigenvalue weighted by Crippen LogP contribution is -2.00. The van der Waals surface area contributed by atoms with Gasteiger partial charge in [-0.2, -0.15) is 5.26 Å². The van der Waals surface area contributed by atoms with E-state index >= 15 is 0 Å². The molecule has 0 aliphatic carbocycles. The fourth-order valence-corrected chi connectivity index (χ4v) is 3.27. The molecule has 150 valence electrons. The van der Waals surface area contributed by atoms with E-state index in [2.05, 4.69) is 6.07 Å². The van der Waals surface area contributed by atoms with E-state index in [1.54, 1.807) is 24.3 Å². The Morgan fingerprint density at radius 3 is 2.50 bits per heavy atom. The molecule has 0 amide bonds. The number of nitrogens with zero attached hydrogens (tertiary/aromatic N) is 2. The Hall–Kier alpha value is -3.40. The molecule has 3 aromatic rings. The molecule has 5 nitrogen and oxygen atoms in total. The van der Waals surface area contributed by atoms with Gasteiger partial charge in [-0.25, -0.2) is 4.39 Å². The van der Waals surface area contributed by atoms with Gasteiger partial charge in [0.2, 0.25) is 0 Å². The van der Waals surface area contributed by atoms with Crippen LogP contribution in [0.4, 0.5) is 10.1 Å². The zero-order chi connectivity index (χ0) is 21.7. The molecule has 0 N–H and O–H groups in total. The molecular weight excluding hydrogens is 430 g/mol. The molecule has 30 heavy (non-hydrogen) atoms. The van der Waals surface area contributed by atoms with Crippen molar-refractivity contribution >= 4 is 40.5 Å². The van der Waals surface area contributed by atoms with Gasteiger partial charge in [0.05, 0.1) is 21.6 Å². The van der Waals surface area contributed by atoms with E-state index < -0.39 is 10.7 Å². The third kappa shape index (κ3) is 4.95. The van der Waals surface area contributed by atoms with Gasteiger partial charge < -0.3 is 4.74 Å². The van der Waals surface area contributed by atoms with Crippen LogP contribution in [0, 0.1) is 27.3 Å². The van der Waals surface area contributed by atoms with Crippen molar-refractivity contribution in [2.75, 3.05) is 0 Å². The Bertz CT molecular complexity index is 1170. The number of hydrogen-bond acceptors (Lipinski definition) is 4. The van der Waals surface area contributed by atoms with Crippen LogP contribution in [0.25, 0.3) is 11.6 Å². The Morgan fingerprint density at radius 1 is 1.17 bits per heavy atom. The van der Waals surface area contributed by atoms with E-state index in [-0.39, 0.29) is 28.6 Å². The SMILES string of the molecule is N#C/C(=C\c1cc(Cl)cc(Cl)c1OCc1ccccc1F)c1ccc([N+](=O)[O-])cc1. The Balaban J connectivity index is 1.98. The summed E-state index contributed by atoms with van der Waals surface area (Å²) in [7, 11) is 0. The second-order valence-corrected chi connectivity index (χ2v) is 7.00. The van der Waals surface area contributed by atoms with Gasteiger partial charge in [-0.15, -0.1) is 0 Å². The zero-order valence-corrected chi connectivity index (χ0v) is 16.8. The second-order valence-electron chi connectivity index (χ2n) is 6.16. The van der Waals surface area contributed by atoms with Crippen LogP contribution in [0.15, 0.2) is 60.7 Å².